The Morgan fingerprint density at radius 3 is 2.00 bits per heavy atom. The summed E-state index contributed by atoms with van der Waals surface area (Å²) in [7, 11) is 0. The lowest BCUT2D eigenvalue weighted by atomic mass is 9.63. The standard InChI is InChI=1S/C10H12O5/c1-9(7(12)13)4-3-6(11)5-10(9,2)8(14)15/h3-5,11H,1-2H3,(H,12,13)(H,14,15). The molecule has 0 aliphatic heterocycles. The third kappa shape index (κ3) is 1.40. The van der Waals surface area contributed by atoms with E-state index >= 15 is 0 Å². The van der Waals surface area contributed by atoms with Crippen molar-refractivity contribution >= 4 is 11.9 Å². The summed E-state index contributed by atoms with van der Waals surface area (Å²) < 4.78 is 0. The Kier molecular flexibility index (Phi) is 2.35. The molecule has 15 heavy (non-hydrogen) atoms. The van der Waals surface area contributed by atoms with Gasteiger partial charge >= 0.3 is 11.9 Å². The molecule has 0 bridgehead atoms. The second kappa shape index (κ2) is 3.12. The zero-order valence-electron chi connectivity index (χ0n) is 8.39. The molecular formula is C10H12O5. The highest BCUT2D eigenvalue weighted by Crippen LogP contribution is 2.45. The van der Waals surface area contributed by atoms with E-state index in [1.54, 1.807) is 0 Å². The van der Waals surface area contributed by atoms with Crippen molar-refractivity contribution in [2.75, 3.05) is 0 Å². The second-order valence-corrected chi connectivity index (χ2v) is 3.92. The monoisotopic (exact) mass is 212 g/mol. The molecule has 0 saturated heterocycles. The van der Waals surface area contributed by atoms with E-state index in [4.69, 9.17) is 10.2 Å². The summed E-state index contributed by atoms with van der Waals surface area (Å²) in [6.45, 7) is 2.58. The molecule has 2 unspecified atom stereocenters. The van der Waals surface area contributed by atoms with Crippen LogP contribution in [0, 0.1) is 10.8 Å². The zero-order chi connectivity index (χ0) is 11.9. The zero-order valence-corrected chi connectivity index (χ0v) is 8.39. The minimum absolute atomic E-state index is 0.237. The first-order valence-corrected chi connectivity index (χ1v) is 4.32. The first-order chi connectivity index (χ1) is 6.74. The number of hydrogen-bond acceptors (Lipinski definition) is 3. The predicted molar refractivity (Wildman–Crippen MR) is 51.3 cm³/mol. The molecule has 1 rings (SSSR count). The summed E-state index contributed by atoms with van der Waals surface area (Å²) in [6, 6.07) is 0. The van der Waals surface area contributed by atoms with Crippen LogP contribution in [0.2, 0.25) is 0 Å². The number of aliphatic hydroxyl groups is 1. The van der Waals surface area contributed by atoms with Gasteiger partial charge in [-0.3, -0.25) is 9.59 Å². The van der Waals surface area contributed by atoms with Gasteiger partial charge in [0.1, 0.15) is 16.6 Å². The molecule has 82 valence electrons. The molecule has 0 heterocycles. The molecule has 0 radical (unpaired) electrons. The van der Waals surface area contributed by atoms with Gasteiger partial charge in [0.2, 0.25) is 0 Å². The van der Waals surface area contributed by atoms with Crippen LogP contribution in [0.15, 0.2) is 24.0 Å². The van der Waals surface area contributed by atoms with Crippen LogP contribution in [0.4, 0.5) is 0 Å². The fourth-order valence-electron chi connectivity index (χ4n) is 1.50. The van der Waals surface area contributed by atoms with Gasteiger partial charge in [-0.05, 0) is 26.0 Å². The Morgan fingerprint density at radius 1 is 1.13 bits per heavy atom. The minimum atomic E-state index is -1.66. The van der Waals surface area contributed by atoms with E-state index in [1.807, 2.05) is 0 Å². The van der Waals surface area contributed by atoms with E-state index in [0.29, 0.717) is 0 Å². The molecule has 1 aliphatic carbocycles. The first kappa shape index (κ1) is 11.3. The number of carbonyl (C=O) groups is 2. The lowest BCUT2D eigenvalue weighted by Gasteiger charge is -2.37. The van der Waals surface area contributed by atoms with Crippen LogP contribution in [-0.4, -0.2) is 27.3 Å². The minimum Gasteiger partial charge on any atom is -0.508 e. The van der Waals surface area contributed by atoms with Crippen LogP contribution in [0.3, 0.4) is 0 Å². The maximum absolute atomic E-state index is 11.1. The smallest absolute Gasteiger partial charge is 0.314 e. The second-order valence-electron chi connectivity index (χ2n) is 3.92. The molecular weight excluding hydrogens is 200 g/mol. The van der Waals surface area contributed by atoms with Crippen molar-refractivity contribution in [2.45, 2.75) is 13.8 Å². The molecule has 2 atom stereocenters. The van der Waals surface area contributed by atoms with Crippen LogP contribution in [-0.2, 0) is 9.59 Å². The number of carboxylic acids is 2. The Labute approximate surface area is 86.3 Å². The van der Waals surface area contributed by atoms with Crippen molar-refractivity contribution in [1.82, 2.24) is 0 Å². The van der Waals surface area contributed by atoms with E-state index in [-0.39, 0.29) is 5.76 Å². The van der Waals surface area contributed by atoms with Crippen molar-refractivity contribution in [1.29, 1.82) is 0 Å². The van der Waals surface area contributed by atoms with Gasteiger partial charge in [-0.2, -0.15) is 0 Å². The van der Waals surface area contributed by atoms with Crippen LogP contribution in [0.5, 0.6) is 0 Å². The molecule has 0 aromatic rings. The summed E-state index contributed by atoms with van der Waals surface area (Å²) in [6.07, 6.45) is 3.43. The van der Waals surface area contributed by atoms with Crippen molar-refractivity contribution < 1.29 is 24.9 Å². The average molecular weight is 212 g/mol. The van der Waals surface area contributed by atoms with E-state index < -0.39 is 22.8 Å². The maximum atomic E-state index is 11.1. The van der Waals surface area contributed by atoms with E-state index in [1.165, 1.54) is 26.0 Å². The molecule has 3 N–H and O–H groups in total. The van der Waals surface area contributed by atoms with Crippen molar-refractivity contribution in [2.24, 2.45) is 10.8 Å². The summed E-state index contributed by atoms with van der Waals surface area (Å²) in [5, 5.41) is 27.3. The predicted octanol–water partition coefficient (Wildman–Crippen LogP) is 1.18. The van der Waals surface area contributed by atoms with Crippen molar-refractivity contribution in [3.8, 4) is 0 Å². The largest absolute Gasteiger partial charge is 0.508 e. The number of carboxylic acid groups (broad SMARTS) is 2. The summed E-state index contributed by atoms with van der Waals surface area (Å²) in [5.41, 5.74) is -3.22. The first-order valence-electron chi connectivity index (χ1n) is 4.32. The van der Waals surface area contributed by atoms with Crippen LogP contribution in [0.25, 0.3) is 0 Å². The molecule has 0 saturated carbocycles. The Morgan fingerprint density at radius 2 is 1.60 bits per heavy atom. The fourth-order valence-corrected chi connectivity index (χ4v) is 1.50. The van der Waals surface area contributed by atoms with Crippen molar-refractivity contribution in [3.63, 3.8) is 0 Å². The quantitative estimate of drug-likeness (QED) is 0.638. The van der Waals surface area contributed by atoms with Gasteiger partial charge in [-0.1, -0.05) is 6.08 Å². The number of allylic oxidation sites excluding steroid dienone is 1. The van der Waals surface area contributed by atoms with Crippen LogP contribution >= 0.6 is 0 Å². The normalized spacial score (nSPS) is 34.7. The third-order valence-corrected chi connectivity index (χ3v) is 2.99. The van der Waals surface area contributed by atoms with Gasteiger partial charge in [0, 0.05) is 0 Å². The third-order valence-electron chi connectivity index (χ3n) is 2.99. The van der Waals surface area contributed by atoms with Gasteiger partial charge in [-0.25, -0.2) is 0 Å². The number of aliphatic hydroxyl groups excluding tert-OH is 1. The lowest BCUT2D eigenvalue weighted by Crippen LogP contribution is -2.48. The fraction of sp³-hybridized carbons (Fsp3) is 0.400. The molecule has 0 spiro atoms. The van der Waals surface area contributed by atoms with E-state index in [2.05, 4.69) is 0 Å². The number of aliphatic carboxylic acids is 2. The highest BCUT2D eigenvalue weighted by Gasteiger charge is 2.54. The molecule has 5 nitrogen and oxygen atoms in total. The molecule has 1 aliphatic rings. The summed E-state index contributed by atoms with van der Waals surface area (Å²) in [5.74, 6) is -2.77. The number of rotatable bonds is 2. The Hall–Kier alpha value is -1.78. The van der Waals surface area contributed by atoms with Gasteiger partial charge in [0.15, 0.2) is 0 Å². The maximum Gasteiger partial charge on any atom is 0.314 e. The average Bonchev–Trinajstić information content (AvgIpc) is 2.11. The highest BCUT2D eigenvalue weighted by molar-refractivity contribution is 5.90. The number of hydrogen-bond donors (Lipinski definition) is 3. The van der Waals surface area contributed by atoms with Crippen molar-refractivity contribution in [3.05, 3.63) is 24.0 Å². The van der Waals surface area contributed by atoms with E-state index in [9.17, 15) is 14.7 Å². The molecule has 0 fully saturated rings. The molecule has 5 heteroatoms. The Bertz CT molecular complexity index is 381. The molecule has 0 aromatic heterocycles. The Balaban J connectivity index is 3.38. The van der Waals surface area contributed by atoms with Crippen LogP contribution < -0.4 is 0 Å². The highest BCUT2D eigenvalue weighted by atomic mass is 16.4. The lowest BCUT2D eigenvalue weighted by molar-refractivity contribution is -0.163. The molecule has 0 aromatic carbocycles. The van der Waals surface area contributed by atoms with Gasteiger partial charge < -0.3 is 15.3 Å². The summed E-state index contributed by atoms with van der Waals surface area (Å²) in [4.78, 5) is 22.2. The van der Waals surface area contributed by atoms with Gasteiger partial charge in [0.25, 0.3) is 0 Å². The van der Waals surface area contributed by atoms with E-state index in [0.717, 1.165) is 6.08 Å². The summed E-state index contributed by atoms with van der Waals surface area (Å²) >= 11 is 0. The molecule has 0 amide bonds. The van der Waals surface area contributed by atoms with Gasteiger partial charge in [0.05, 0.1) is 0 Å². The topological polar surface area (TPSA) is 94.8 Å². The van der Waals surface area contributed by atoms with Gasteiger partial charge in [-0.15, -0.1) is 0 Å². The SMILES string of the molecule is CC1(C(=O)O)C=CC(O)=CC1(C)C(=O)O. The van der Waals surface area contributed by atoms with Crippen LogP contribution in [0.1, 0.15) is 13.8 Å².